The second kappa shape index (κ2) is 9.06. The molecule has 0 unspecified atom stereocenters. The van der Waals surface area contributed by atoms with E-state index in [-0.39, 0.29) is 0 Å². The lowest BCUT2D eigenvalue weighted by Crippen LogP contribution is -2.23. The highest BCUT2D eigenvalue weighted by Crippen LogP contribution is 2.24. The summed E-state index contributed by atoms with van der Waals surface area (Å²) in [5.41, 5.74) is 2.81. The zero-order valence-corrected chi connectivity index (χ0v) is 13.6. The van der Waals surface area contributed by atoms with Crippen molar-refractivity contribution in [2.45, 2.75) is 39.7 Å². The quantitative estimate of drug-likeness (QED) is 0.705. The number of nitrogens with one attached hydrogen (secondary N) is 1. The van der Waals surface area contributed by atoms with Crippen molar-refractivity contribution >= 4 is 5.69 Å². The Hall–Kier alpha value is -1.06. The van der Waals surface area contributed by atoms with Crippen molar-refractivity contribution in [2.75, 3.05) is 37.7 Å². The molecule has 3 nitrogen and oxygen atoms in total. The van der Waals surface area contributed by atoms with Crippen molar-refractivity contribution in [1.82, 2.24) is 5.32 Å². The van der Waals surface area contributed by atoms with E-state index in [9.17, 15) is 0 Å². The monoisotopic (exact) mass is 290 g/mol. The zero-order chi connectivity index (χ0) is 14.9. The van der Waals surface area contributed by atoms with E-state index >= 15 is 0 Å². The highest BCUT2D eigenvalue weighted by Gasteiger charge is 2.14. The predicted molar refractivity (Wildman–Crippen MR) is 89.9 cm³/mol. The van der Waals surface area contributed by atoms with Gasteiger partial charge in [-0.1, -0.05) is 32.0 Å². The normalized spacial score (nSPS) is 15.1. The molecule has 1 aromatic rings. The number of rotatable bonds is 9. The molecule has 1 saturated heterocycles. The van der Waals surface area contributed by atoms with E-state index in [1.165, 1.54) is 37.2 Å². The average Bonchev–Trinajstić information content (AvgIpc) is 3.00. The van der Waals surface area contributed by atoms with Crippen LogP contribution >= 0.6 is 0 Å². The van der Waals surface area contributed by atoms with Crippen LogP contribution in [0.15, 0.2) is 24.3 Å². The molecule has 0 spiro atoms. The summed E-state index contributed by atoms with van der Waals surface area (Å²) in [4.78, 5) is 2.51. The number of anilines is 1. The minimum Gasteiger partial charge on any atom is -0.380 e. The third-order valence-corrected chi connectivity index (χ3v) is 4.02. The van der Waals surface area contributed by atoms with E-state index in [4.69, 9.17) is 4.74 Å². The molecule has 0 aliphatic carbocycles. The molecule has 0 saturated carbocycles. The summed E-state index contributed by atoms with van der Waals surface area (Å²) in [5.74, 6) is 0.727. The number of benzene rings is 1. The van der Waals surface area contributed by atoms with Gasteiger partial charge >= 0.3 is 0 Å². The van der Waals surface area contributed by atoms with Crippen LogP contribution in [0.25, 0.3) is 0 Å². The van der Waals surface area contributed by atoms with Crippen molar-refractivity contribution < 1.29 is 4.74 Å². The molecule has 0 atom stereocenters. The molecule has 21 heavy (non-hydrogen) atoms. The van der Waals surface area contributed by atoms with E-state index < -0.39 is 0 Å². The number of para-hydroxylation sites is 1. The summed E-state index contributed by atoms with van der Waals surface area (Å²) >= 11 is 0. The Labute approximate surface area is 129 Å². The minimum atomic E-state index is 0.727. The van der Waals surface area contributed by atoms with E-state index in [1.54, 1.807) is 0 Å². The van der Waals surface area contributed by atoms with Crippen molar-refractivity contribution in [1.29, 1.82) is 0 Å². The van der Waals surface area contributed by atoms with E-state index in [0.717, 1.165) is 38.6 Å². The zero-order valence-electron chi connectivity index (χ0n) is 13.6. The first kappa shape index (κ1) is 16.3. The Morgan fingerprint density at radius 1 is 1.14 bits per heavy atom. The Kier molecular flexibility index (Phi) is 7.04. The lowest BCUT2D eigenvalue weighted by Gasteiger charge is -2.21. The molecule has 0 aromatic heterocycles. The number of nitrogens with zero attached hydrogens (tertiary/aromatic N) is 1. The Balaban J connectivity index is 1.68. The van der Waals surface area contributed by atoms with Gasteiger partial charge in [-0.3, -0.25) is 0 Å². The summed E-state index contributed by atoms with van der Waals surface area (Å²) in [6.07, 6.45) is 3.80. The van der Waals surface area contributed by atoms with Crippen LogP contribution in [0.3, 0.4) is 0 Å². The third-order valence-electron chi connectivity index (χ3n) is 4.02. The van der Waals surface area contributed by atoms with Gasteiger partial charge in [0.05, 0.1) is 6.61 Å². The molecule has 118 valence electrons. The van der Waals surface area contributed by atoms with Crippen LogP contribution in [-0.4, -0.2) is 32.8 Å². The summed E-state index contributed by atoms with van der Waals surface area (Å²) in [6, 6.07) is 8.77. The molecule has 2 rings (SSSR count). The highest BCUT2D eigenvalue weighted by atomic mass is 16.5. The molecule has 1 aliphatic heterocycles. The SMILES string of the molecule is CC(C)CCOCCNCc1ccccc1N1CCCC1. The minimum absolute atomic E-state index is 0.727. The van der Waals surface area contributed by atoms with E-state index in [1.807, 2.05) is 0 Å². The van der Waals surface area contributed by atoms with Crippen LogP contribution in [0.5, 0.6) is 0 Å². The van der Waals surface area contributed by atoms with Crippen LogP contribution in [0.2, 0.25) is 0 Å². The van der Waals surface area contributed by atoms with Gasteiger partial charge in [0.2, 0.25) is 0 Å². The van der Waals surface area contributed by atoms with E-state index in [0.29, 0.717) is 0 Å². The Morgan fingerprint density at radius 3 is 2.67 bits per heavy atom. The van der Waals surface area contributed by atoms with Crippen LogP contribution in [0, 0.1) is 5.92 Å². The van der Waals surface area contributed by atoms with Gasteiger partial charge < -0.3 is 15.0 Å². The first-order chi connectivity index (χ1) is 10.3. The topological polar surface area (TPSA) is 24.5 Å². The van der Waals surface area contributed by atoms with Crippen molar-refractivity contribution in [2.24, 2.45) is 5.92 Å². The molecular formula is C18H30N2O. The van der Waals surface area contributed by atoms with Crippen LogP contribution in [-0.2, 0) is 11.3 Å². The molecule has 1 aliphatic rings. The number of hydrogen-bond donors (Lipinski definition) is 1. The van der Waals surface area contributed by atoms with Crippen LogP contribution in [0.4, 0.5) is 5.69 Å². The molecular weight excluding hydrogens is 260 g/mol. The van der Waals surface area contributed by atoms with E-state index in [2.05, 4.69) is 48.3 Å². The third kappa shape index (κ3) is 5.68. The molecule has 1 fully saturated rings. The lowest BCUT2D eigenvalue weighted by atomic mass is 10.1. The van der Waals surface area contributed by atoms with Gasteiger partial charge in [-0.25, -0.2) is 0 Å². The Morgan fingerprint density at radius 2 is 1.90 bits per heavy atom. The smallest absolute Gasteiger partial charge is 0.0591 e. The fraction of sp³-hybridized carbons (Fsp3) is 0.667. The van der Waals surface area contributed by atoms with Gasteiger partial charge in [-0.15, -0.1) is 0 Å². The van der Waals surface area contributed by atoms with Crippen LogP contribution in [0.1, 0.15) is 38.7 Å². The van der Waals surface area contributed by atoms with Crippen molar-refractivity contribution in [3.63, 3.8) is 0 Å². The first-order valence-electron chi connectivity index (χ1n) is 8.38. The Bertz CT molecular complexity index is 400. The number of hydrogen-bond acceptors (Lipinski definition) is 3. The van der Waals surface area contributed by atoms with Crippen molar-refractivity contribution in [3.05, 3.63) is 29.8 Å². The summed E-state index contributed by atoms with van der Waals surface area (Å²) in [6.45, 7) is 10.4. The molecule has 0 bridgehead atoms. The molecule has 0 amide bonds. The standard InChI is InChI=1S/C18H30N2O/c1-16(2)9-13-21-14-10-19-15-17-7-3-4-8-18(17)20-11-5-6-12-20/h3-4,7-8,16,19H,5-6,9-15H2,1-2H3. The summed E-state index contributed by atoms with van der Waals surface area (Å²) in [7, 11) is 0. The van der Waals surface area contributed by atoms with Crippen LogP contribution < -0.4 is 10.2 Å². The first-order valence-corrected chi connectivity index (χ1v) is 8.38. The maximum atomic E-state index is 5.64. The van der Waals surface area contributed by atoms with Gasteiger partial charge in [-0.2, -0.15) is 0 Å². The number of ether oxygens (including phenoxy) is 1. The largest absolute Gasteiger partial charge is 0.380 e. The molecule has 1 heterocycles. The summed E-state index contributed by atoms with van der Waals surface area (Å²) in [5, 5.41) is 3.50. The lowest BCUT2D eigenvalue weighted by molar-refractivity contribution is 0.125. The predicted octanol–water partition coefficient (Wildman–Crippen LogP) is 3.44. The van der Waals surface area contributed by atoms with Gasteiger partial charge in [0.15, 0.2) is 0 Å². The summed E-state index contributed by atoms with van der Waals surface area (Å²) < 4.78 is 5.64. The molecule has 1 aromatic carbocycles. The highest BCUT2D eigenvalue weighted by molar-refractivity contribution is 5.54. The second-order valence-corrected chi connectivity index (χ2v) is 6.29. The fourth-order valence-electron chi connectivity index (χ4n) is 2.72. The second-order valence-electron chi connectivity index (χ2n) is 6.29. The maximum Gasteiger partial charge on any atom is 0.0591 e. The van der Waals surface area contributed by atoms with Gasteiger partial charge in [-0.05, 0) is 36.8 Å². The fourth-order valence-corrected chi connectivity index (χ4v) is 2.72. The molecule has 3 heteroatoms. The maximum absolute atomic E-state index is 5.64. The van der Waals surface area contributed by atoms with Gasteiger partial charge in [0, 0.05) is 38.5 Å². The van der Waals surface area contributed by atoms with Gasteiger partial charge in [0.25, 0.3) is 0 Å². The molecule has 1 N–H and O–H groups in total. The van der Waals surface area contributed by atoms with Crippen molar-refractivity contribution in [3.8, 4) is 0 Å². The van der Waals surface area contributed by atoms with Gasteiger partial charge in [0.1, 0.15) is 0 Å². The average molecular weight is 290 g/mol. The molecule has 0 radical (unpaired) electrons.